The molecular weight excluding hydrogens is 266 g/mol. The minimum atomic E-state index is 0.803. The minimum Gasteiger partial charge on any atom is -0.298 e. The summed E-state index contributed by atoms with van der Waals surface area (Å²) in [7, 11) is 2.21. The Labute approximate surface area is 106 Å². The minimum absolute atomic E-state index is 0.803. The van der Waals surface area contributed by atoms with Gasteiger partial charge in [0, 0.05) is 19.1 Å². The van der Waals surface area contributed by atoms with E-state index in [1.165, 1.54) is 28.7 Å². The van der Waals surface area contributed by atoms with E-state index in [-0.39, 0.29) is 0 Å². The molecule has 1 aliphatic rings. The largest absolute Gasteiger partial charge is 0.298 e. The van der Waals surface area contributed by atoms with Gasteiger partial charge in [0.15, 0.2) is 0 Å². The predicted molar refractivity (Wildman–Crippen MR) is 69.5 cm³/mol. The highest BCUT2D eigenvalue weighted by molar-refractivity contribution is 9.10. The van der Waals surface area contributed by atoms with Crippen molar-refractivity contribution in [3.8, 4) is 0 Å². The molecule has 2 rings (SSSR count). The molecule has 0 radical (unpaired) electrons. The Balaban J connectivity index is 2.19. The zero-order valence-electron chi connectivity index (χ0n) is 10.3. The van der Waals surface area contributed by atoms with Crippen LogP contribution in [0.5, 0.6) is 0 Å². The molecule has 0 aromatic carbocycles. The van der Waals surface area contributed by atoms with E-state index >= 15 is 0 Å². The lowest BCUT2D eigenvalue weighted by molar-refractivity contribution is 0.304. The Morgan fingerprint density at radius 3 is 2.62 bits per heavy atom. The molecule has 1 aromatic heterocycles. The first-order valence-corrected chi connectivity index (χ1v) is 6.90. The van der Waals surface area contributed by atoms with E-state index in [2.05, 4.69) is 51.5 Å². The maximum Gasteiger partial charge on any atom is 0.0767 e. The second-order valence-corrected chi connectivity index (χ2v) is 5.32. The Kier molecular flexibility index (Phi) is 3.70. The lowest BCUT2D eigenvalue weighted by atomic mass is 10.3. The molecule has 0 N–H and O–H groups in total. The van der Waals surface area contributed by atoms with Crippen LogP contribution in [0.15, 0.2) is 4.47 Å². The number of halogens is 1. The van der Waals surface area contributed by atoms with Gasteiger partial charge in [-0.1, -0.05) is 6.92 Å². The second kappa shape index (κ2) is 4.88. The van der Waals surface area contributed by atoms with Gasteiger partial charge in [0.2, 0.25) is 0 Å². The number of aryl methyl sites for hydroxylation is 2. The third kappa shape index (κ3) is 2.33. The van der Waals surface area contributed by atoms with Crippen molar-refractivity contribution in [3.05, 3.63) is 15.9 Å². The first kappa shape index (κ1) is 12.1. The first-order chi connectivity index (χ1) is 7.67. The Morgan fingerprint density at radius 1 is 1.44 bits per heavy atom. The van der Waals surface area contributed by atoms with Crippen LogP contribution in [0.3, 0.4) is 0 Å². The molecule has 16 heavy (non-hydrogen) atoms. The average Bonchev–Trinajstić information content (AvgIpc) is 3.07. The molecule has 0 atom stereocenters. The van der Waals surface area contributed by atoms with E-state index < -0.39 is 0 Å². The van der Waals surface area contributed by atoms with Crippen LogP contribution >= 0.6 is 15.9 Å². The molecular formula is C12H20BrN3. The van der Waals surface area contributed by atoms with E-state index in [9.17, 15) is 0 Å². The highest BCUT2D eigenvalue weighted by Gasteiger charge is 2.27. The van der Waals surface area contributed by atoms with E-state index in [1.807, 2.05) is 0 Å². The molecule has 1 fully saturated rings. The summed E-state index contributed by atoms with van der Waals surface area (Å²) in [5.41, 5.74) is 2.51. The van der Waals surface area contributed by atoms with Crippen LogP contribution in [0, 0.1) is 0 Å². The zero-order valence-corrected chi connectivity index (χ0v) is 11.9. The molecule has 4 heteroatoms. The van der Waals surface area contributed by atoms with Crippen LogP contribution in [0.25, 0.3) is 0 Å². The van der Waals surface area contributed by atoms with Crippen molar-refractivity contribution >= 4 is 15.9 Å². The summed E-state index contributed by atoms with van der Waals surface area (Å²) in [5, 5.41) is 4.62. The summed E-state index contributed by atoms with van der Waals surface area (Å²) in [6.07, 6.45) is 3.71. The highest BCUT2D eigenvalue weighted by Crippen LogP contribution is 2.29. The Bertz CT molecular complexity index is 369. The standard InChI is InChI=1S/C12H20BrN3/c1-4-10-12(13)11(16(5-2)14-10)8-15(3)9-6-7-9/h9H,4-8H2,1-3H3. The molecule has 1 heterocycles. The molecule has 0 unspecified atom stereocenters. The molecule has 1 aliphatic carbocycles. The number of hydrogen-bond acceptors (Lipinski definition) is 2. The summed E-state index contributed by atoms with van der Waals surface area (Å²) in [6, 6.07) is 0.803. The van der Waals surface area contributed by atoms with Crippen molar-refractivity contribution in [1.82, 2.24) is 14.7 Å². The summed E-state index contributed by atoms with van der Waals surface area (Å²) < 4.78 is 3.34. The van der Waals surface area contributed by atoms with Crippen LogP contribution in [-0.2, 0) is 19.5 Å². The smallest absolute Gasteiger partial charge is 0.0767 e. The SMILES string of the molecule is CCc1nn(CC)c(CN(C)C2CC2)c1Br. The van der Waals surface area contributed by atoms with E-state index in [0.29, 0.717) is 0 Å². The number of nitrogens with zero attached hydrogens (tertiary/aromatic N) is 3. The van der Waals surface area contributed by atoms with E-state index in [0.717, 1.165) is 25.6 Å². The zero-order chi connectivity index (χ0) is 11.7. The second-order valence-electron chi connectivity index (χ2n) is 4.52. The van der Waals surface area contributed by atoms with Gasteiger partial charge in [0.05, 0.1) is 15.9 Å². The van der Waals surface area contributed by atoms with Gasteiger partial charge in [0.1, 0.15) is 0 Å². The molecule has 0 bridgehead atoms. The van der Waals surface area contributed by atoms with Crippen molar-refractivity contribution < 1.29 is 0 Å². The van der Waals surface area contributed by atoms with Crippen LogP contribution in [0.4, 0.5) is 0 Å². The summed E-state index contributed by atoms with van der Waals surface area (Å²) in [6.45, 7) is 6.26. The summed E-state index contributed by atoms with van der Waals surface area (Å²) >= 11 is 3.69. The monoisotopic (exact) mass is 285 g/mol. The number of aromatic nitrogens is 2. The van der Waals surface area contributed by atoms with Crippen molar-refractivity contribution in [3.63, 3.8) is 0 Å². The first-order valence-electron chi connectivity index (χ1n) is 6.11. The Hall–Kier alpha value is -0.350. The molecule has 0 aliphatic heterocycles. The van der Waals surface area contributed by atoms with Gasteiger partial charge in [0.25, 0.3) is 0 Å². The third-order valence-electron chi connectivity index (χ3n) is 3.26. The molecule has 1 aromatic rings. The lowest BCUT2D eigenvalue weighted by Gasteiger charge is -2.16. The fraction of sp³-hybridized carbons (Fsp3) is 0.750. The summed E-state index contributed by atoms with van der Waals surface area (Å²) in [5.74, 6) is 0. The van der Waals surface area contributed by atoms with Crippen molar-refractivity contribution in [2.45, 2.75) is 52.2 Å². The topological polar surface area (TPSA) is 21.1 Å². The van der Waals surface area contributed by atoms with Crippen LogP contribution in [-0.4, -0.2) is 27.8 Å². The predicted octanol–water partition coefficient (Wildman–Crippen LogP) is 2.82. The van der Waals surface area contributed by atoms with Crippen molar-refractivity contribution in [2.24, 2.45) is 0 Å². The van der Waals surface area contributed by atoms with Gasteiger partial charge in [-0.15, -0.1) is 0 Å². The quantitative estimate of drug-likeness (QED) is 0.830. The van der Waals surface area contributed by atoms with Gasteiger partial charge >= 0.3 is 0 Å². The maximum absolute atomic E-state index is 4.62. The van der Waals surface area contributed by atoms with Gasteiger partial charge in [-0.3, -0.25) is 9.58 Å². The number of rotatable bonds is 5. The normalized spacial score (nSPS) is 16.1. The molecule has 0 spiro atoms. The van der Waals surface area contributed by atoms with Gasteiger partial charge < -0.3 is 0 Å². The molecule has 3 nitrogen and oxygen atoms in total. The van der Waals surface area contributed by atoms with Crippen LogP contribution < -0.4 is 0 Å². The van der Waals surface area contributed by atoms with Crippen LogP contribution in [0.1, 0.15) is 38.1 Å². The average molecular weight is 286 g/mol. The summed E-state index contributed by atoms with van der Waals surface area (Å²) in [4.78, 5) is 2.44. The maximum atomic E-state index is 4.62. The van der Waals surface area contributed by atoms with Crippen LogP contribution in [0.2, 0.25) is 0 Å². The molecule has 0 amide bonds. The van der Waals surface area contributed by atoms with Crippen molar-refractivity contribution in [1.29, 1.82) is 0 Å². The van der Waals surface area contributed by atoms with E-state index in [1.54, 1.807) is 0 Å². The number of hydrogen-bond donors (Lipinski definition) is 0. The molecule has 0 saturated heterocycles. The Morgan fingerprint density at radius 2 is 2.12 bits per heavy atom. The van der Waals surface area contributed by atoms with Crippen molar-refractivity contribution in [2.75, 3.05) is 7.05 Å². The van der Waals surface area contributed by atoms with E-state index in [4.69, 9.17) is 0 Å². The fourth-order valence-electron chi connectivity index (χ4n) is 2.05. The molecule has 90 valence electrons. The van der Waals surface area contributed by atoms with Gasteiger partial charge in [-0.2, -0.15) is 5.10 Å². The molecule has 1 saturated carbocycles. The highest BCUT2D eigenvalue weighted by atomic mass is 79.9. The van der Waals surface area contributed by atoms with Gasteiger partial charge in [-0.05, 0) is 49.2 Å². The van der Waals surface area contributed by atoms with Gasteiger partial charge in [-0.25, -0.2) is 0 Å². The lowest BCUT2D eigenvalue weighted by Crippen LogP contribution is -2.22. The fourth-order valence-corrected chi connectivity index (χ4v) is 2.74. The third-order valence-corrected chi connectivity index (χ3v) is 4.18.